The minimum absolute atomic E-state index is 0.0304. The molecule has 7 nitrogen and oxygen atoms in total. The summed E-state index contributed by atoms with van der Waals surface area (Å²) in [6.45, 7) is 1.60. The van der Waals surface area contributed by atoms with Crippen molar-refractivity contribution < 1.29 is 13.2 Å². The topological polar surface area (TPSA) is 105 Å². The number of benzene rings is 1. The molecule has 0 bridgehead atoms. The normalized spacial score (nSPS) is 15.2. The van der Waals surface area contributed by atoms with Gasteiger partial charge in [0.05, 0.1) is 12.2 Å². The highest BCUT2D eigenvalue weighted by molar-refractivity contribution is 7.89. The number of likely N-dealkylation sites (tertiary alicyclic amines) is 1. The first-order valence-corrected chi connectivity index (χ1v) is 8.27. The molecule has 1 amide bonds. The van der Waals surface area contributed by atoms with E-state index >= 15 is 0 Å². The molecule has 0 radical (unpaired) electrons. The molecule has 0 aliphatic carbocycles. The van der Waals surface area contributed by atoms with E-state index < -0.39 is 10.0 Å². The van der Waals surface area contributed by atoms with Crippen molar-refractivity contribution in [2.45, 2.75) is 17.7 Å². The van der Waals surface area contributed by atoms with E-state index in [1.807, 2.05) is 0 Å². The van der Waals surface area contributed by atoms with Gasteiger partial charge in [0, 0.05) is 18.8 Å². The van der Waals surface area contributed by atoms with Crippen LogP contribution in [0, 0.1) is 0 Å². The smallest absolute Gasteiger partial charge is 0.242 e. The molecule has 0 aromatic heterocycles. The van der Waals surface area contributed by atoms with Crippen LogP contribution in [0.25, 0.3) is 0 Å². The fourth-order valence-electron chi connectivity index (χ4n) is 2.27. The zero-order valence-electron chi connectivity index (χ0n) is 11.9. The largest absolute Gasteiger partial charge is 0.399 e. The Morgan fingerprint density at radius 3 is 2.62 bits per heavy atom. The number of anilines is 2. The van der Waals surface area contributed by atoms with Gasteiger partial charge in [0.15, 0.2) is 0 Å². The summed E-state index contributed by atoms with van der Waals surface area (Å²) in [5, 5.41) is 2.89. The van der Waals surface area contributed by atoms with Gasteiger partial charge >= 0.3 is 0 Å². The molecule has 2 rings (SSSR count). The number of rotatable bonds is 5. The zero-order valence-corrected chi connectivity index (χ0v) is 12.7. The molecule has 21 heavy (non-hydrogen) atoms. The van der Waals surface area contributed by atoms with E-state index in [0.29, 0.717) is 11.4 Å². The first-order chi connectivity index (χ1) is 9.94. The first-order valence-electron chi connectivity index (χ1n) is 6.79. The van der Waals surface area contributed by atoms with Gasteiger partial charge in [0.2, 0.25) is 15.9 Å². The molecule has 1 heterocycles. The number of nitrogens with one attached hydrogen (secondary N) is 2. The number of hydrogen-bond donors (Lipinski definition) is 3. The van der Waals surface area contributed by atoms with E-state index in [1.54, 1.807) is 17.0 Å². The van der Waals surface area contributed by atoms with Gasteiger partial charge in [-0.25, -0.2) is 13.1 Å². The molecular formula is C13H20N4O3S. The maximum absolute atomic E-state index is 12.0. The molecule has 0 saturated carbocycles. The number of nitrogens with zero attached hydrogens (tertiary/aromatic N) is 1. The molecular weight excluding hydrogens is 292 g/mol. The highest BCUT2D eigenvalue weighted by atomic mass is 32.2. The summed E-state index contributed by atoms with van der Waals surface area (Å²) in [6.07, 6.45) is 2.04. The van der Waals surface area contributed by atoms with Gasteiger partial charge in [-0.15, -0.1) is 0 Å². The summed E-state index contributed by atoms with van der Waals surface area (Å²) >= 11 is 0. The SMILES string of the molecule is CNS(=O)(=O)c1cc(N)ccc1NCC(=O)N1CCCC1. The van der Waals surface area contributed by atoms with Crippen LogP contribution in [0.2, 0.25) is 0 Å². The third-order valence-corrected chi connectivity index (χ3v) is 4.91. The van der Waals surface area contributed by atoms with Crippen LogP contribution in [-0.2, 0) is 14.8 Å². The van der Waals surface area contributed by atoms with E-state index in [1.165, 1.54) is 13.1 Å². The molecule has 0 spiro atoms. The Bertz CT molecular complexity index is 624. The number of carbonyl (C=O) groups excluding carboxylic acids is 1. The number of nitrogens with two attached hydrogens (primary N) is 1. The summed E-state index contributed by atoms with van der Waals surface area (Å²) in [7, 11) is -2.30. The monoisotopic (exact) mass is 312 g/mol. The summed E-state index contributed by atoms with van der Waals surface area (Å²) in [5.74, 6) is -0.0304. The molecule has 1 aromatic carbocycles. The molecule has 4 N–H and O–H groups in total. The Morgan fingerprint density at radius 1 is 1.33 bits per heavy atom. The molecule has 0 atom stereocenters. The van der Waals surface area contributed by atoms with Crippen molar-refractivity contribution in [3.05, 3.63) is 18.2 Å². The number of carbonyl (C=O) groups is 1. The van der Waals surface area contributed by atoms with E-state index in [9.17, 15) is 13.2 Å². The lowest BCUT2D eigenvalue weighted by Crippen LogP contribution is -2.33. The van der Waals surface area contributed by atoms with E-state index in [2.05, 4.69) is 10.0 Å². The minimum atomic E-state index is -3.64. The molecule has 0 unspecified atom stereocenters. The Kier molecular flexibility index (Phi) is 4.69. The van der Waals surface area contributed by atoms with Gasteiger partial charge < -0.3 is 16.0 Å². The Hall–Kier alpha value is -1.80. The van der Waals surface area contributed by atoms with Gasteiger partial charge in [0.25, 0.3) is 0 Å². The van der Waals surface area contributed by atoms with Crippen molar-refractivity contribution >= 4 is 27.3 Å². The maximum Gasteiger partial charge on any atom is 0.242 e. The van der Waals surface area contributed by atoms with Gasteiger partial charge in [-0.2, -0.15) is 0 Å². The van der Waals surface area contributed by atoms with E-state index in [-0.39, 0.29) is 17.3 Å². The fourth-order valence-corrected chi connectivity index (χ4v) is 3.21. The highest BCUT2D eigenvalue weighted by Crippen LogP contribution is 2.23. The molecule has 1 aromatic rings. The number of nitrogen functional groups attached to an aromatic ring is 1. The predicted octanol–water partition coefficient (Wildman–Crippen LogP) is 0.211. The Morgan fingerprint density at radius 2 is 2.00 bits per heavy atom. The van der Waals surface area contributed by atoms with Crippen LogP contribution in [0.3, 0.4) is 0 Å². The van der Waals surface area contributed by atoms with Crippen molar-refractivity contribution in [2.24, 2.45) is 0 Å². The van der Waals surface area contributed by atoms with E-state index in [4.69, 9.17) is 5.73 Å². The Labute approximate surface area is 124 Å². The lowest BCUT2D eigenvalue weighted by atomic mass is 10.3. The zero-order chi connectivity index (χ0) is 15.5. The van der Waals surface area contributed by atoms with Crippen molar-refractivity contribution in [3.63, 3.8) is 0 Å². The van der Waals surface area contributed by atoms with E-state index in [0.717, 1.165) is 25.9 Å². The minimum Gasteiger partial charge on any atom is -0.399 e. The second-order valence-corrected chi connectivity index (χ2v) is 6.76. The molecule has 1 aliphatic rings. The lowest BCUT2D eigenvalue weighted by Gasteiger charge is -2.17. The molecule has 116 valence electrons. The van der Waals surface area contributed by atoms with Gasteiger partial charge in [0.1, 0.15) is 4.90 Å². The van der Waals surface area contributed by atoms with Crippen LogP contribution in [0.1, 0.15) is 12.8 Å². The van der Waals surface area contributed by atoms with Gasteiger partial charge in [-0.05, 0) is 38.1 Å². The summed E-state index contributed by atoms with van der Waals surface area (Å²) in [5.41, 5.74) is 6.35. The summed E-state index contributed by atoms with van der Waals surface area (Å²) in [4.78, 5) is 13.8. The predicted molar refractivity (Wildman–Crippen MR) is 81.4 cm³/mol. The second-order valence-electron chi connectivity index (χ2n) is 4.90. The molecule has 8 heteroatoms. The molecule has 1 fully saturated rings. The highest BCUT2D eigenvalue weighted by Gasteiger charge is 2.20. The standard InChI is InChI=1S/C13H20N4O3S/c1-15-21(19,20)12-8-10(14)4-5-11(12)16-9-13(18)17-6-2-3-7-17/h4-5,8,15-16H,2-3,6-7,9,14H2,1H3. The summed E-state index contributed by atoms with van der Waals surface area (Å²) < 4.78 is 26.2. The average Bonchev–Trinajstić information content (AvgIpc) is 2.99. The maximum atomic E-state index is 12.0. The van der Waals surface area contributed by atoms with Crippen molar-refractivity contribution in [3.8, 4) is 0 Å². The second kappa shape index (κ2) is 6.31. The third kappa shape index (κ3) is 3.64. The summed E-state index contributed by atoms with van der Waals surface area (Å²) in [6, 6.07) is 4.53. The van der Waals surface area contributed by atoms with Crippen LogP contribution in [-0.4, -0.2) is 45.9 Å². The number of amides is 1. The van der Waals surface area contributed by atoms with Crippen LogP contribution >= 0.6 is 0 Å². The number of sulfonamides is 1. The fraction of sp³-hybridized carbons (Fsp3) is 0.462. The first kappa shape index (κ1) is 15.6. The van der Waals surface area contributed by atoms with Crippen LogP contribution in [0.4, 0.5) is 11.4 Å². The molecule has 1 saturated heterocycles. The molecule has 1 aliphatic heterocycles. The van der Waals surface area contributed by atoms with Crippen molar-refractivity contribution in [1.29, 1.82) is 0 Å². The van der Waals surface area contributed by atoms with Crippen LogP contribution < -0.4 is 15.8 Å². The number of hydrogen-bond acceptors (Lipinski definition) is 5. The third-order valence-electron chi connectivity index (χ3n) is 3.45. The van der Waals surface area contributed by atoms with Crippen LogP contribution in [0.15, 0.2) is 23.1 Å². The average molecular weight is 312 g/mol. The van der Waals surface area contributed by atoms with Crippen molar-refractivity contribution in [2.75, 3.05) is 37.7 Å². The lowest BCUT2D eigenvalue weighted by molar-refractivity contribution is -0.128. The van der Waals surface area contributed by atoms with Gasteiger partial charge in [-0.1, -0.05) is 0 Å². The van der Waals surface area contributed by atoms with Gasteiger partial charge in [-0.3, -0.25) is 4.79 Å². The van der Waals surface area contributed by atoms with Crippen LogP contribution in [0.5, 0.6) is 0 Å². The van der Waals surface area contributed by atoms with Crippen molar-refractivity contribution in [1.82, 2.24) is 9.62 Å². The Balaban J connectivity index is 2.14. The quantitative estimate of drug-likeness (QED) is 0.674.